The van der Waals surface area contributed by atoms with Gasteiger partial charge in [0.05, 0.1) is 0 Å². The van der Waals surface area contributed by atoms with E-state index in [1.54, 1.807) is 19.0 Å². The van der Waals surface area contributed by atoms with Crippen LogP contribution >= 0.6 is 24.0 Å². The van der Waals surface area contributed by atoms with Gasteiger partial charge in [0.2, 0.25) is 5.91 Å². The van der Waals surface area contributed by atoms with Crippen molar-refractivity contribution in [2.75, 3.05) is 60.0 Å². The van der Waals surface area contributed by atoms with Crippen molar-refractivity contribution >= 4 is 41.8 Å². The third-order valence-corrected chi connectivity index (χ3v) is 5.50. The first-order valence-electron chi connectivity index (χ1n) is 10.7. The van der Waals surface area contributed by atoms with Crippen molar-refractivity contribution in [2.24, 2.45) is 4.99 Å². The summed E-state index contributed by atoms with van der Waals surface area (Å²) in [5.41, 5.74) is 1.25. The van der Waals surface area contributed by atoms with Crippen molar-refractivity contribution in [1.82, 2.24) is 20.0 Å². The Labute approximate surface area is 202 Å². The van der Waals surface area contributed by atoms with E-state index >= 15 is 0 Å². The molecule has 0 aromatic heterocycles. The molecule has 2 fully saturated rings. The summed E-state index contributed by atoms with van der Waals surface area (Å²) >= 11 is 0. The van der Waals surface area contributed by atoms with E-state index in [1.807, 2.05) is 23.1 Å². The third kappa shape index (κ3) is 7.64. The molecule has 2 aliphatic heterocycles. The Morgan fingerprint density at radius 1 is 1.13 bits per heavy atom. The van der Waals surface area contributed by atoms with E-state index in [1.165, 1.54) is 5.56 Å². The van der Waals surface area contributed by atoms with Crippen LogP contribution < -0.4 is 5.32 Å². The number of piperazine rings is 1. The number of nitrogens with one attached hydrogen (secondary N) is 1. The molecule has 3 rings (SSSR count). The highest BCUT2D eigenvalue weighted by molar-refractivity contribution is 14.0. The number of guanidine groups is 1. The number of benzene rings is 1. The van der Waals surface area contributed by atoms with Gasteiger partial charge in [-0.05, 0) is 24.8 Å². The van der Waals surface area contributed by atoms with Gasteiger partial charge in [-0.3, -0.25) is 9.59 Å². The Hall–Kier alpha value is -1.88. The number of ether oxygens (including phenoxy) is 1. The second-order valence-electron chi connectivity index (χ2n) is 7.90. The van der Waals surface area contributed by atoms with Gasteiger partial charge in [0, 0.05) is 53.4 Å². The molecule has 1 N–H and O–H groups in total. The van der Waals surface area contributed by atoms with Crippen LogP contribution in [0, 0.1) is 0 Å². The molecule has 0 aliphatic carbocycles. The predicted molar refractivity (Wildman–Crippen MR) is 132 cm³/mol. The van der Waals surface area contributed by atoms with Gasteiger partial charge in [0.25, 0.3) is 5.91 Å². The molecule has 9 heteroatoms. The Morgan fingerprint density at radius 3 is 2.42 bits per heavy atom. The van der Waals surface area contributed by atoms with Gasteiger partial charge >= 0.3 is 0 Å². The molecule has 0 bridgehead atoms. The fourth-order valence-corrected chi connectivity index (χ4v) is 3.63. The lowest BCUT2D eigenvalue weighted by molar-refractivity contribution is -0.142. The van der Waals surface area contributed by atoms with Gasteiger partial charge in [-0.1, -0.05) is 30.3 Å². The lowest BCUT2D eigenvalue weighted by Gasteiger charge is -2.37. The first kappa shape index (κ1) is 25.4. The van der Waals surface area contributed by atoms with Crippen LogP contribution in [0.3, 0.4) is 0 Å². The average molecular weight is 543 g/mol. The van der Waals surface area contributed by atoms with Gasteiger partial charge in [-0.15, -0.1) is 24.0 Å². The monoisotopic (exact) mass is 543 g/mol. The van der Waals surface area contributed by atoms with E-state index in [0.29, 0.717) is 32.8 Å². The normalized spacial score (nSPS) is 19.0. The van der Waals surface area contributed by atoms with Crippen LogP contribution in [0.2, 0.25) is 0 Å². The number of likely N-dealkylation sites (N-methyl/N-ethyl adjacent to an activating group) is 1. The smallest absolute Gasteiger partial charge is 0.251 e. The number of halogens is 1. The first-order valence-corrected chi connectivity index (χ1v) is 10.7. The number of carbonyl (C=O) groups is 2. The highest BCUT2D eigenvalue weighted by Gasteiger charge is 2.31. The van der Waals surface area contributed by atoms with Crippen molar-refractivity contribution in [3.63, 3.8) is 0 Å². The Morgan fingerprint density at radius 2 is 1.81 bits per heavy atom. The molecule has 0 radical (unpaired) electrons. The maximum Gasteiger partial charge on any atom is 0.251 e. The molecule has 1 aromatic rings. The molecule has 1 atom stereocenters. The summed E-state index contributed by atoms with van der Waals surface area (Å²) < 4.78 is 5.54. The summed E-state index contributed by atoms with van der Waals surface area (Å²) in [5.74, 6) is 0.792. The van der Waals surface area contributed by atoms with Crippen molar-refractivity contribution in [3.8, 4) is 0 Å². The number of aliphatic imine (C=N–C) groups is 1. The van der Waals surface area contributed by atoms with Crippen molar-refractivity contribution in [3.05, 3.63) is 35.9 Å². The van der Waals surface area contributed by atoms with Crippen molar-refractivity contribution in [1.29, 1.82) is 0 Å². The molecule has 2 aliphatic rings. The van der Waals surface area contributed by atoms with E-state index in [-0.39, 0.29) is 48.4 Å². The van der Waals surface area contributed by atoms with Crippen LogP contribution in [-0.4, -0.2) is 98.5 Å². The maximum atomic E-state index is 12.6. The van der Waals surface area contributed by atoms with Gasteiger partial charge in [-0.25, -0.2) is 4.99 Å². The zero-order valence-corrected chi connectivity index (χ0v) is 20.8. The predicted octanol–water partition coefficient (Wildman–Crippen LogP) is 1.20. The van der Waals surface area contributed by atoms with E-state index < -0.39 is 0 Å². The number of hydrogen-bond donors (Lipinski definition) is 1. The molecule has 8 nitrogen and oxygen atoms in total. The summed E-state index contributed by atoms with van der Waals surface area (Å²) in [6, 6.07) is 10.3. The number of hydrogen-bond acceptors (Lipinski definition) is 4. The number of amides is 2. The van der Waals surface area contributed by atoms with Crippen LogP contribution in [0.4, 0.5) is 0 Å². The average Bonchev–Trinajstić information content (AvgIpc) is 3.31. The molecular weight excluding hydrogens is 509 g/mol. The second kappa shape index (κ2) is 12.8. The van der Waals surface area contributed by atoms with Gasteiger partial charge in [0.15, 0.2) is 5.96 Å². The topological polar surface area (TPSA) is 77.5 Å². The molecule has 2 amide bonds. The van der Waals surface area contributed by atoms with E-state index in [9.17, 15) is 9.59 Å². The zero-order valence-electron chi connectivity index (χ0n) is 18.5. The molecule has 1 unspecified atom stereocenters. The minimum atomic E-state index is -0.272. The Bertz CT molecular complexity index is 730. The highest BCUT2D eigenvalue weighted by Crippen LogP contribution is 2.16. The quantitative estimate of drug-likeness (QED) is 0.332. The molecule has 2 saturated heterocycles. The van der Waals surface area contributed by atoms with Gasteiger partial charge in [-0.2, -0.15) is 0 Å². The Balaban J connectivity index is 0.00000341. The molecular formula is C22H34IN5O3. The molecule has 172 valence electrons. The van der Waals surface area contributed by atoms with Crippen LogP contribution in [0.5, 0.6) is 0 Å². The maximum absolute atomic E-state index is 12.6. The largest absolute Gasteiger partial charge is 0.368 e. The molecule has 0 saturated carbocycles. The second-order valence-corrected chi connectivity index (χ2v) is 7.90. The minimum Gasteiger partial charge on any atom is -0.368 e. The molecule has 1 aromatic carbocycles. The molecule has 31 heavy (non-hydrogen) atoms. The fourth-order valence-electron chi connectivity index (χ4n) is 3.63. The summed E-state index contributed by atoms with van der Waals surface area (Å²) in [6.07, 6.45) is 2.38. The van der Waals surface area contributed by atoms with Gasteiger partial charge < -0.3 is 24.8 Å². The van der Waals surface area contributed by atoms with E-state index in [0.717, 1.165) is 31.8 Å². The summed E-state index contributed by atoms with van der Waals surface area (Å²) in [7, 11) is 3.46. The van der Waals surface area contributed by atoms with Crippen molar-refractivity contribution in [2.45, 2.75) is 25.4 Å². The zero-order chi connectivity index (χ0) is 21.3. The van der Waals surface area contributed by atoms with E-state index in [4.69, 9.17) is 4.74 Å². The highest BCUT2D eigenvalue weighted by atomic mass is 127. The fraction of sp³-hybridized carbons (Fsp3) is 0.591. The van der Waals surface area contributed by atoms with Gasteiger partial charge in [0.1, 0.15) is 12.6 Å². The van der Waals surface area contributed by atoms with Crippen molar-refractivity contribution < 1.29 is 14.3 Å². The SMILES string of the molecule is CN(C)C(=O)CN=C(NCCc1ccccc1)N1CCN(C(=O)C2CCCO2)CC1.I. The summed E-state index contributed by atoms with van der Waals surface area (Å²) in [5, 5.41) is 3.41. The number of carbonyl (C=O) groups excluding carboxylic acids is 2. The standard InChI is InChI=1S/C22H33N5O3.HI/c1-25(2)20(28)17-24-22(23-11-10-18-7-4-3-5-8-18)27-14-12-26(13-15-27)21(29)19-9-6-16-30-19;/h3-5,7-8,19H,6,9-17H2,1-2H3,(H,23,24);1H. The molecule has 2 heterocycles. The van der Waals surface area contributed by atoms with E-state index in [2.05, 4.69) is 27.3 Å². The van der Waals surface area contributed by atoms with Crippen LogP contribution in [0.15, 0.2) is 35.3 Å². The summed E-state index contributed by atoms with van der Waals surface area (Å²) in [4.78, 5) is 34.7. The van der Waals surface area contributed by atoms with Crippen LogP contribution in [0.1, 0.15) is 18.4 Å². The lowest BCUT2D eigenvalue weighted by atomic mass is 10.1. The molecule has 0 spiro atoms. The van der Waals surface area contributed by atoms with Crippen LogP contribution in [-0.2, 0) is 20.7 Å². The third-order valence-electron chi connectivity index (χ3n) is 5.50. The lowest BCUT2D eigenvalue weighted by Crippen LogP contribution is -2.55. The van der Waals surface area contributed by atoms with Crippen LogP contribution in [0.25, 0.3) is 0 Å². The minimum absolute atomic E-state index is 0. The number of rotatable bonds is 6. The summed E-state index contributed by atoms with van der Waals surface area (Å²) in [6.45, 7) is 4.17. The first-order chi connectivity index (χ1) is 14.5. The Kier molecular flexibility index (Phi) is 10.5. The number of nitrogens with zero attached hydrogens (tertiary/aromatic N) is 4.